The van der Waals surface area contributed by atoms with Crippen molar-refractivity contribution < 1.29 is 8.42 Å². The normalized spacial score (nSPS) is 19.1. The van der Waals surface area contributed by atoms with E-state index in [9.17, 15) is 8.42 Å². The van der Waals surface area contributed by atoms with Gasteiger partial charge in [0.1, 0.15) is 6.33 Å². The Kier molecular flexibility index (Phi) is 4.80. The number of aromatic nitrogens is 2. The van der Waals surface area contributed by atoms with E-state index in [0.717, 1.165) is 36.9 Å². The minimum absolute atomic E-state index is 0.215. The zero-order valence-electron chi connectivity index (χ0n) is 11.4. The number of rotatable bonds is 4. The van der Waals surface area contributed by atoms with Crippen molar-refractivity contribution in [1.82, 2.24) is 14.7 Å². The Bertz CT molecular complexity index is 720. The summed E-state index contributed by atoms with van der Waals surface area (Å²) in [6.07, 6.45) is 1.32. The van der Waals surface area contributed by atoms with Gasteiger partial charge in [-0.3, -0.25) is 4.72 Å². The number of benzene rings is 1. The lowest BCUT2D eigenvalue weighted by molar-refractivity contribution is 0.573. The Hall–Kier alpha value is -0.980. The molecule has 0 unspecified atom stereocenters. The molecular weight excluding hydrogens is 437 g/mol. The molecule has 1 aliphatic heterocycles. The summed E-state index contributed by atoms with van der Waals surface area (Å²) in [4.78, 5) is 6.28. The van der Waals surface area contributed by atoms with Crippen molar-refractivity contribution in [2.75, 3.05) is 29.3 Å². The molecule has 1 fully saturated rings. The number of nitrogens with one attached hydrogen (secondary N) is 2. The van der Waals surface area contributed by atoms with Gasteiger partial charge in [0.15, 0.2) is 0 Å². The highest BCUT2D eigenvalue weighted by Gasteiger charge is 2.19. The maximum absolute atomic E-state index is 12.2. The highest BCUT2D eigenvalue weighted by Crippen LogP contribution is 2.22. The summed E-state index contributed by atoms with van der Waals surface area (Å²) in [5.74, 6) is 0. The highest BCUT2D eigenvalue weighted by atomic mass is 127. The summed E-state index contributed by atoms with van der Waals surface area (Å²) >= 11 is 3.36. The molecule has 10 heteroatoms. The number of halogens is 1. The van der Waals surface area contributed by atoms with Crippen molar-refractivity contribution in [3.05, 3.63) is 30.6 Å². The number of alkyl halides is 1. The third-order valence-corrected chi connectivity index (χ3v) is 6.12. The Balaban J connectivity index is 1.76. The van der Waals surface area contributed by atoms with Crippen LogP contribution in [-0.2, 0) is 10.0 Å². The zero-order valence-corrected chi connectivity index (χ0v) is 15.2. The molecular formula is C12H14IN5O2S2. The van der Waals surface area contributed by atoms with Crippen LogP contribution in [0.15, 0.2) is 35.5 Å². The molecule has 0 bridgehead atoms. The minimum atomic E-state index is -3.62. The average molecular weight is 451 g/mol. The molecule has 1 aliphatic rings. The first kappa shape index (κ1) is 15.9. The molecule has 1 aromatic carbocycles. The summed E-state index contributed by atoms with van der Waals surface area (Å²) in [6, 6.07) is 6.90. The van der Waals surface area contributed by atoms with Crippen molar-refractivity contribution in [3.63, 3.8) is 0 Å². The fraction of sp³-hybridized carbons (Fsp3) is 0.333. The van der Waals surface area contributed by atoms with Gasteiger partial charge in [-0.2, -0.15) is 4.37 Å². The Labute approximate surface area is 146 Å². The second-order valence-electron chi connectivity index (χ2n) is 4.71. The van der Waals surface area contributed by atoms with Crippen molar-refractivity contribution >= 4 is 55.0 Å². The molecule has 1 saturated heterocycles. The number of hydrogen-bond donors (Lipinski definition) is 2. The summed E-state index contributed by atoms with van der Waals surface area (Å²) in [5, 5.41) is 3.63. The van der Waals surface area contributed by atoms with Crippen LogP contribution < -0.4 is 14.9 Å². The van der Waals surface area contributed by atoms with Gasteiger partial charge >= 0.3 is 0 Å². The van der Waals surface area contributed by atoms with E-state index in [1.807, 2.05) is 12.1 Å². The van der Waals surface area contributed by atoms with Gasteiger partial charge < -0.3 is 10.2 Å². The van der Waals surface area contributed by atoms with Crippen LogP contribution in [0.2, 0.25) is 0 Å². The minimum Gasteiger partial charge on any atom is -0.368 e. The van der Waals surface area contributed by atoms with Gasteiger partial charge in [-0.1, -0.05) is 22.6 Å². The van der Waals surface area contributed by atoms with Crippen LogP contribution in [-0.4, -0.2) is 41.5 Å². The molecule has 0 amide bonds. The van der Waals surface area contributed by atoms with E-state index < -0.39 is 10.0 Å². The summed E-state index contributed by atoms with van der Waals surface area (Å²) in [5.41, 5.74) is 1.03. The van der Waals surface area contributed by atoms with E-state index in [1.54, 1.807) is 12.1 Å². The molecule has 2 aromatic rings. The zero-order chi connectivity index (χ0) is 15.6. The van der Waals surface area contributed by atoms with E-state index in [0.29, 0.717) is 4.05 Å². The van der Waals surface area contributed by atoms with Crippen LogP contribution in [0.1, 0.15) is 0 Å². The first-order valence-electron chi connectivity index (χ1n) is 6.56. The van der Waals surface area contributed by atoms with Gasteiger partial charge in [-0.05, 0) is 24.3 Å². The van der Waals surface area contributed by atoms with E-state index in [1.165, 1.54) is 6.33 Å². The molecule has 7 nitrogen and oxygen atoms in total. The Morgan fingerprint density at radius 2 is 2.14 bits per heavy atom. The summed E-state index contributed by atoms with van der Waals surface area (Å²) < 4.78 is 31.1. The molecule has 2 N–H and O–H groups in total. The smallest absolute Gasteiger partial charge is 0.263 e. The van der Waals surface area contributed by atoms with Gasteiger partial charge in [0.05, 0.1) is 8.94 Å². The van der Waals surface area contributed by atoms with Gasteiger partial charge in [-0.15, -0.1) is 0 Å². The molecule has 118 valence electrons. The van der Waals surface area contributed by atoms with Crippen LogP contribution >= 0.6 is 34.1 Å². The molecule has 0 aliphatic carbocycles. The van der Waals surface area contributed by atoms with Crippen LogP contribution in [0.5, 0.6) is 0 Å². The average Bonchev–Trinajstić information content (AvgIpc) is 2.99. The summed E-state index contributed by atoms with van der Waals surface area (Å²) in [7, 11) is -3.62. The van der Waals surface area contributed by atoms with E-state index in [2.05, 4.69) is 46.9 Å². The van der Waals surface area contributed by atoms with Crippen molar-refractivity contribution in [2.45, 2.75) is 8.94 Å². The lowest BCUT2D eigenvalue weighted by Crippen LogP contribution is -2.47. The molecule has 3 rings (SSSR count). The fourth-order valence-corrected chi connectivity index (χ4v) is 4.62. The van der Waals surface area contributed by atoms with Crippen LogP contribution in [0.4, 0.5) is 10.8 Å². The molecule has 1 atom stereocenters. The molecule has 0 saturated carbocycles. The number of anilines is 2. The van der Waals surface area contributed by atoms with E-state index >= 15 is 0 Å². The van der Waals surface area contributed by atoms with Crippen molar-refractivity contribution in [2.24, 2.45) is 0 Å². The maximum atomic E-state index is 12.2. The third kappa shape index (κ3) is 3.67. The highest BCUT2D eigenvalue weighted by molar-refractivity contribution is 14.1. The molecule has 0 radical (unpaired) electrons. The van der Waals surface area contributed by atoms with Gasteiger partial charge in [0, 0.05) is 36.9 Å². The lowest BCUT2D eigenvalue weighted by Gasteiger charge is -2.32. The number of piperazine rings is 1. The Morgan fingerprint density at radius 1 is 1.36 bits per heavy atom. The van der Waals surface area contributed by atoms with Gasteiger partial charge in [0.2, 0.25) is 5.13 Å². The first-order chi connectivity index (χ1) is 10.5. The Morgan fingerprint density at radius 3 is 2.77 bits per heavy atom. The van der Waals surface area contributed by atoms with Crippen LogP contribution in [0.3, 0.4) is 0 Å². The quantitative estimate of drug-likeness (QED) is 0.417. The molecule has 22 heavy (non-hydrogen) atoms. The number of sulfonamides is 1. The monoisotopic (exact) mass is 451 g/mol. The number of nitrogens with zero attached hydrogens (tertiary/aromatic N) is 3. The molecule has 1 aromatic heterocycles. The van der Waals surface area contributed by atoms with Gasteiger partial charge in [0.25, 0.3) is 10.0 Å². The fourth-order valence-electron chi connectivity index (χ4n) is 2.17. The first-order valence-corrected chi connectivity index (χ1v) is 10.1. The lowest BCUT2D eigenvalue weighted by atomic mass is 10.2. The third-order valence-electron chi connectivity index (χ3n) is 3.22. The summed E-state index contributed by atoms with van der Waals surface area (Å²) in [6.45, 7) is 2.73. The van der Waals surface area contributed by atoms with Crippen molar-refractivity contribution in [3.8, 4) is 0 Å². The second kappa shape index (κ2) is 6.64. The molecule has 2 heterocycles. The van der Waals surface area contributed by atoms with Gasteiger partial charge in [-0.25, -0.2) is 13.4 Å². The van der Waals surface area contributed by atoms with Crippen LogP contribution in [0, 0.1) is 0 Å². The molecule has 0 spiro atoms. The number of hydrogen-bond acceptors (Lipinski definition) is 7. The van der Waals surface area contributed by atoms with E-state index in [4.69, 9.17) is 0 Å². The SMILES string of the molecule is O=S(=O)(Nc1ncns1)c1ccc(N2CCN[C@H](I)C2)cc1. The maximum Gasteiger partial charge on any atom is 0.263 e. The largest absolute Gasteiger partial charge is 0.368 e. The van der Waals surface area contributed by atoms with Crippen LogP contribution in [0.25, 0.3) is 0 Å². The van der Waals surface area contributed by atoms with E-state index in [-0.39, 0.29) is 10.0 Å². The topological polar surface area (TPSA) is 87.2 Å². The predicted molar refractivity (Wildman–Crippen MR) is 95.2 cm³/mol. The van der Waals surface area contributed by atoms with Crippen molar-refractivity contribution in [1.29, 1.82) is 0 Å². The standard InChI is InChI=1S/C12H14IN5O2S2/c13-11-7-18(6-5-14-11)9-1-3-10(4-2-9)22(19,20)17-12-15-8-16-21-12/h1-4,8,11,14H,5-7H2,(H,15,16,17)/t11-/m0/s1. The predicted octanol–water partition coefficient (Wildman–Crippen LogP) is 1.51. The second-order valence-corrected chi connectivity index (χ2v) is 8.68.